The molecule has 0 N–H and O–H groups in total. The highest BCUT2D eigenvalue weighted by Crippen LogP contribution is 2.61. The van der Waals surface area contributed by atoms with Crippen molar-refractivity contribution in [3.63, 3.8) is 0 Å². The average molecular weight is 183 g/mol. The molecule has 5 heteroatoms. The molecule has 0 radical (unpaired) electrons. The highest BCUT2D eigenvalue weighted by atomic mass is 35.7. The minimum atomic E-state index is -2.64. The molecule has 2 atom stereocenters. The summed E-state index contributed by atoms with van der Waals surface area (Å²) in [5.74, 6) is 0. The van der Waals surface area contributed by atoms with Gasteiger partial charge in [-0.05, 0) is 32.3 Å². The molecule has 1 heterocycles. The van der Waals surface area contributed by atoms with Crippen molar-refractivity contribution in [3.05, 3.63) is 0 Å². The molecule has 1 fully saturated rings. The van der Waals surface area contributed by atoms with E-state index in [9.17, 15) is 4.57 Å². The summed E-state index contributed by atoms with van der Waals surface area (Å²) >= 11 is 5.77. The number of hydrogen-bond acceptors (Lipinski definition) is 1. The molecule has 1 rings (SSSR count). The zero-order valence-electron chi connectivity index (χ0n) is 6.41. The van der Waals surface area contributed by atoms with Gasteiger partial charge in [0.05, 0.1) is 0 Å². The number of nitrogens with zero attached hydrogens (tertiary/aromatic N) is 2. The smallest absolute Gasteiger partial charge is 0.271 e. The second-order valence-electron chi connectivity index (χ2n) is 2.74. The van der Waals surface area contributed by atoms with Crippen LogP contribution in [0.2, 0.25) is 0 Å². The summed E-state index contributed by atoms with van der Waals surface area (Å²) in [5, 5.41) is 0. The van der Waals surface area contributed by atoms with Crippen molar-refractivity contribution in [2.45, 2.75) is 13.0 Å². The maximum Gasteiger partial charge on any atom is 0.304 e. The van der Waals surface area contributed by atoms with Crippen LogP contribution in [0.25, 0.3) is 0 Å². The topological polar surface area (TPSA) is 23.6 Å². The Kier molecular flexibility index (Phi) is 2.12. The first-order valence-corrected chi connectivity index (χ1v) is 5.72. The predicted molar refractivity (Wildman–Crippen MR) is 43.3 cm³/mol. The third-order valence-corrected chi connectivity index (χ3v) is 5.64. The largest absolute Gasteiger partial charge is 0.304 e. The second-order valence-corrected chi connectivity index (χ2v) is 6.32. The molecule has 1 aliphatic rings. The van der Waals surface area contributed by atoms with Crippen LogP contribution < -0.4 is 0 Å². The van der Waals surface area contributed by atoms with Gasteiger partial charge in [0.15, 0.2) is 0 Å². The number of rotatable bonds is 0. The molecule has 0 aliphatic carbocycles. The third-order valence-electron chi connectivity index (χ3n) is 1.98. The Balaban J connectivity index is 2.85. The van der Waals surface area contributed by atoms with Crippen LogP contribution in [0.5, 0.6) is 0 Å². The Morgan fingerprint density at radius 1 is 1.60 bits per heavy atom. The van der Waals surface area contributed by atoms with Crippen LogP contribution in [0.15, 0.2) is 0 Å². The van der Waals surface area contributed by atoms with Crippen LogP contribution in [0.4, 0.5) is 0 Å². The fourth-order valence-electron chi connectivity index (χ4n) is 1.09. The lowest BCUT2D eigenvalue weighted by Gasteiger charge is -2.18. The summed E-state index contributed by atoms with van der Waals surface area (Å²) < 4.78 is 14.9. The van der Waals surface area contributed by atoms with E-state index >= 15 is 0 Å². The Morgan fingerprint density at radius 2 is 2.10 bits per heavy atom. The second kappa shape index (κ2) is 2.49. The fraction of sp³-hybridized carbons (Fsp3) is 1.00. The maximum absolute atomic E-state index is 11.5. The van der Waals surface area contributed by atoms with Gasteiger partial charge in [0.2, 0.25) is 0 Å². The Hall–Kier alpha value is 0.440. The molecule has 0 bridgehead atoms. The highest BCUT2D eigenvalue weighted by Gasteiger charge is 2.40. The minimum absolute atomic E-state index is 0.299. The minimum Gasteiger partial charge on any atom is -0.271 e. The number of hydrogen-bond donors (Lipinski definition) is 0. The van der Waals surface area contributed by atoms with Crippen molar-refractivity contribution in [1.29, 1.82) is 0 Å². The molecule has 10 heavy (non-hydrogen) atoms. The van der Waals surface area contributed by atoms with Gasteiger partial charge in [-0.15, -0.1) is 0 Å². The van der Waals surface area contributed by atoms with Crippen molar-refractivity contribution < 1.29 is 4.57 Å². The molecule has 0 amide bonds. The molecule has 0 saturated carbocycles. The van der Waals surface area contributed by atoms with Gasteiger partial charge in [-0.2, -0.15) is 0 Å². The van der Waals surface area contributed by atoms with E-state index < -0.39 is 6.80 Å². The van der Waals surface area contributed by atoms with Crippen LogP contribution in [0, 0.1) is 0 Å². The lowest BCUT2D eigenvalue weighted by molar-refractivity contribution is 0.429. The predicted octanol–water partition coefficient (Wildman–Crippen LogP) is 1.60. The van der Waals surface area contributed by atoms with E-state index in [2.05, 4.69) is 0 Å². The first kappa shape index (κ1) is 8.54. The summed E-state index contributed by atoms with van der Waals surface area (Å²) in [6.45, 7) is 0.159. The molecule has 3 nitrogen and oxygen atoms in total. The quantitative estimate of drug-likeness (QED) is 0.532. The maximum atomic E-state index is 11.5. The van der Waals surface area contributed by atoms with Gasteiger partial charge in [-0.25, -0.2) is 9.34 Å². The van der Waals surface area contributed by atoms with Crippen LogP contribution >= 0.6 is 18.0 Å². The van der Waals surface area contributed by atoms with Crippen molar-refractivity contribution in [2.24, 2.45) is 0 Å². The van der Waals surface area contributed by atoms with Gasteiger partial charge in [0.1, 0.15) is 0 Å². The molecule has 60 valence electrons. The van der Waals surface area contributed by atoms with Crippen molar-refractivity contribution in [2.75, 3.05) is 20.6 Å². The summed E-state index contributed by atoms with van der Waals surface area (Å²) in [7, 11) is 3.58. The molecular formula is C5H12ClN2OP. The lowest BCUT2D eigenvalue weighted by atomic mass is 10.3. The van der Waals surface area contributed by atoms with E-state index in [0.29, 0.717) is 6.04 Å². The first-order chi connectivity index (χ1) is 4.46. The Bertz CT molecular complexity index is 186. The van der Waals surface area contributed by atoms with Crippen LogP contribution in [0.3, 0.4) is 0 Å². The van der Waals surface area contributed by atoms with Crippen LogP contribution in [0.1, 0.15) is 6.92 Å². The SMILES string of the molecule is CC1CN(C)P(=O)(Cl)N1C. The van der Waals surface area contributed by atoms with E-state index in [-0.39, 0.29) is 0 Å². The van der Waals surface area contributed by atoms with Gasteiger partial charge in [0.25, 0.3) is 0 Å². The molecule has 0 spiro atoms. The molecule has 0 aromatic rings. The Labute approximate surface area is 66.2 Å². The normalized spacial score (nSPS) is 44.6. The van der Waals surface area contributed by atoms with E-state index in [1.54, 1.807) is 23.4 Å². The first-order valence-electron chi connectivity index (χ1n) is 3.21. The average Bonchev–Trinajstić information content (AvgIpc) is 1.97. The van der Waals surface area contributed by atoms with E-state index in [1.165, 1.54) is 0 Å². The van der Waals surface area contributed by atoms with Crippen molar-refractivity contribution >= 4 is 18.0 Å². The summed E-state index contributed by atoms with van der Waals surface area (Å²) in [4.78, 5) is 0. The van der Waals surface area contributed by atoms with Crippen molar-refractivity contribution in [1.82, 2.24) is 9.34 Å². The fourth-order valence-corrected chi connectivity index (χ4v) is 3.20. The standard InChI is InChI=1S/C5H12ClN2OP/c1-5-4-7(2)10(6,9)8(5)3/h5H,4H2,1-3H3. The summed E-state index contributed by atoms with van der Waals surface area (Å²) in [6, 6.07) is 0.299. The molecule has 0 aromatic carbocycles. The zero-order valence-corrected chi connectivity index (χ0v) is 8.06. The van der Waals surface area contributed by atoms with Gasteiger partial charge in [0, 0.05) is 12.6 Å². The van der Waals surface area contributed by atoms with E-state index in [0.717, 1.165) is 6.54 Å². The number of likely N-dealkylation sites (N-methyl/N-ethyl adjacent to an activating group) is 2. The van der Waals surface area contributed by atoms with Crippen LogP contribution in [-0.2, 0) is 4.57 Å². The molecule has 1 aliphatic heterocycles. The van der Waals surface area contributed by atoms with Gasteiger partial charge in [-0.3, -0.25) is 4.57 Å². The number of halogens is 1. The van der Waals surface area contributed by atoms with E-state index in [1.807, 2.05) is 6.92 Å². The third kappa shape index (κ3) is 1.12. The van der Waals surface area contributed by atoms with Gasteiger partial charge >= 0.3 is 6.80 Å². The zero-order chi connectivity index (χ0) is 7.94. The molecule has 1 saturated heterocycles. The van der Waals surface area contributed by atoms with E-state index in [4.69, 9.17) is 11.2 Å². The van der Waals surface area contributed by atoms with Gasteiger partial charge < -0.3 is 0 Å². The van der Waals surface area contributed by atoms with Crippen LogP contribution in [-0.4, -0.2) is 36.0 Å². The summed E-state index contributed by atoms with van der Waals surface area (Å²) in [6.07, 6.45) is 0. The van der Waals surface area contributed by atoms with Gasteiger partial charge in [-0.1, -0.05) is 0 Å². The molecular weight excluding hydrogens is 170 g/mol. The summed E-state index contributed by atoms with van der Waals surface area (Å²) in [5.41, 5.74) is 0. The Morgan fingerprint density at radius 3 is 2.20 bits per heavy atom. The highest BCUT2D eigenvalue weighted by molar-refractivity contribution is 7.85. The molecule has 0 aromatic heterocycles. The monoisotopic (exact) mass is 182 g/mol. The van der Waals surface area contributed by atoms with Crippen molar-refractivity contribution in [3.8, 4) is 0 Å². The lowest BCUT2D eigenvalue weighted by Crippen LogP contribution is -2.19. The molecule has 2 unspecified atom stereocenters.